The number of aldehydes is 1. The van der Waals surface area contributed by atoms with E-state index in [1.807, 2.05) is 24.3 Å². The molecule has 0 N–H and O–H groups in total. The van der Waals surface area contributed by atoms with E-state index in [0.717, 1.165) is 23.8 Å². The van der Waals surface area contributed by atoms with E-state index in [-0.39, 0.29) is 0 Å². The Balaban J connectivity index is 2.38. The van der Waals surface area contributed by atoms with Crippen LogP contribution in [0.5, 0.6) is 0 Å². The highest BCUT2D eigenvalue weighted by atomic mass is 16.1. The van der Waals surface area contributed by atoms with Crippen LogP contribution in [0, 0.1) is 0 Å². The van der Waals surface area contributed by atoms with Gasteiger partial charge in [0.25, 0.3) is 0 Å². The second-order valence-electron chi connectivity index (χ2n) is 3.79. The van der Waals surface area contributed by atoms with Gasteiger partial charge in [-0.05, 0) is 23.1 Å². The third kappa shape index (κ3) is 2.19. The fourth-order valence-corrected chi connectivity index (χ4v) is 1.72. The minimum absolute atomic E-state index is 0.718. The van der Waals surface area contributed by atoms with Gasteiger partial charge in [0.15, 0.2) is 0 Å². The zero-order valence-electron chi connectivity index (χ0n) is 9.31. The normalized spacial score (nSPS) is 10.1. The number of hydrogen-bond donors (Lipinski definition) is 0. The Morgan fingerprint density at radius 1 is 1.00 bits per heavy atom. The number of carbonyl (C=O) groups excluding carboxylic acids is 1. The summed E-state index contributed by atoms with van der Waals surface area (Å²) < 4.78 is 0. The summed E-state index contributed by atoms with van der Waals surface area (Å²) in [7, 11) is 0. The van der Waals surface area contributed by atoms with Crippen molar-refractivity contribution in [3.63, 3.8) is 0 Å². The van der Waals surface area contributed by atoms with Crippen LogP contribution in [0.25, 0.3) is 11.1 Å². The van der Waals surface area contributed by atoms with E-state index in [4.69, 9.17) is 0 Å². The first-order valence-electron chi connectivity index (χ1n) is 5.48. The Morgan fingerprint density at radius 3 is 2.38 bits per heavy atom. The molecule has 0 saturated carbocycles. The summed E-state index contributed by atoms with van der Waals surface area (Å²) in [4.78, 5) is 10.6. The largest absolute Gasteiger partial charge is 0.298 e. The first-order valence-corrected chi connectivity index (χ1v) is 5.48. The summed E-state index contributed by atoms with van der Waals surface area (Å²) in [6.07, 6.45) is 1.91. The van der Waals surface area contributed by atoms with Crippen LogP contribution in [-0.2, 0) is 6.42 Å². The molecule has 0 saturated heterocycles. The minimum Gasteiger partial charge on any atom is -0.298 e. The van der Waals surface area contributed by atoms with Crippen LogP contribution in [0.1, 0.15) is 22.8 Å². The molecule has 80 valence electrons. The summed E-state index contributed by atoms with van der Waals surface area (Å²) >= 11 is 0. The number of benzene rings is 2. The molecule has 0 aliphatic rings. The van der Waals surface area contributed by atoms with Gasteiger partial charge in [0, 0.05) is 5.56 Å². The van der Waals surface area contributed by atoms with Crippen LogP contribution in [0.4, 0.5) is 0 Å². The number of rotatable bonds is 3. The van der Waals surface area contributed by atoms with Gasteiger partial charge < -0.3 is 0 Å². The van der Waals surface area contributed by atoms with Crippen LogP contribution >= 0.6 is 0 Å². The summed E-state index contributed by atoms with van der Waals surface area (Å²) in [5, 5.41) is 0. The summed E-state index contributed by atoms with van der Waals surface area (Å²) in [5.74, 6) is 0. The predicted octanol–water partition coefficient (Wildman–Crippen LogP) is 3.73. The highest BCUT2D eigenvalue weighted by Crippen LogP contribution is 2.20. The van der Waals surface area contributed by atoms with Crippen molar-refractivity contribution >= 4 is 6.29 Å². The molecule has 0 fully saturated rings. The molecule has 2 rings (SSSR count). The summed E-state index contributed by atoms with van der Waals surface area (Å²) in [6, 6.07) is 16.1. The van der Waals surface area contributed by atoms with Crippen molar-refractivity contribution in [2.75, 3.05) is 0 Å². The molecule has 0 heterocycles. The highest BCUT2D eigenvalue weighted by Gasteiger charge is 1.98. The first kappa shape index (κ1) is 10.6. The van der Waals surface area contributed by atoms with Crippen LogP contribution < -0.4 is 0 Å². The maximum Gasteiger partial charge on any atom is 0.150 e. The lowest BCUT2D eigenvalue weighted by Crippen LogP contribution is -1.84. The molecular weight excluding hydrogens is 196 g/mol. The molecule has 1 nitrogen and oxygen atoms in total. The van der Waals surface area contributed by atoms with Crippen molar-refractivity contribution in [2.45, 2.75) is 13.3 Å². The van der Waals surface area contributed by atoms with Gasteiger partial charge >= 0.3 is 0 Å². The first-order chi connectivity index (χ1) is 7.83. The Hall–Kier alpha value is -1.89. The Labute approximate surface area is 95.7 Å². The molecule has 0 aliphatic heterocycles. The topological polar surface area (TPSA) is 17.1 Å². The molecule has 0 aliphatic carbocycles. The molecule has 0 radical (unpaired) electrons. The van der Waals surface area contributed by atoms with Gasteiger partial charge in [-0.15, -0.1) is 0 Å². The summed E-state index contributed by atoms with van der Waals surface area (Å²) in [6.45, 7) is 2.15. The highest BCUT2D eigenvalue weighted by molar-refractivity contribution is 5.77. The SMILES string of the molecule is CCc1cccc(-c2ccc(C=O)cc2)c1. The maximum absolute atomic E-state index is 10.6. The van der Waals surface area contributed by atoms with Gasteiger partial charge in [-0.3, -0.25) is 4.79 Å². The van der Waals surface area contributed by atoms with E-state index in [0.29, 0.717) is 0 Å². The van der Waals surface area contributed by atoms with E-state index in [1.165, 1.54) is 11.1 Å². The number of aryl methyl sites for hydroxylation is 1. The molecule has 0 spiro atoms. The van der Waals surface area contributed by atoms with Crippen LogP contribution in [0.3, 0.4) is 0 Å². The molecule has 0 bridgehead atoms. The zero-order valence-corrected chi connectivity index (χ0v) is 9.31. The van der Waals surface area contributed by atoms with Gasteiger partial charge in [0.1, 0.15) is 6.29 Å². The van der Waals surface area contributed by atoms with Crippen molar-refractivity contribution in [3.8, 4) is 11.1 Å². The molecule has 0 atom stereocenters. The van der Waals surface area contributed by atoms with Gasteiger partial charge in [-0.2, -0.15) is 0 Å². The van der Waals surface area contributed by atoms with E-state index >= 15 is 0 Å². The van der Waals surface area contributed by atoms with Crippen molar-refractivity contribution in [3.05, 3.63) is 59.7 Å². The summed E-state index contributed by atoms with van der Waals surface area (Å²) in [5.41, 5.74) is 4.41. The van der Waals surface area contributed by atoms with Crippen molar-refractivity contribution in [2.24, 2.45) is 0 Å². The number of carbonyl (C=O) groups is 1. The molecule has 2 aromatic carbocycles. The van der Waals surface area contributed by atoms with Gasteiger partial charge in [-0.1, -0.05) is 55.5 Å². The monoisotopic (exact) mass is 210 g/mol. The maximum atomic E-state index is 10.6. The third-order valence-electron chi connectivity index (χ3n) is 2.72. The van der Waals surface area contributed by atoms with Crippen LogP contribution in [-0.4, -0.2) is 6.29 Å². The zero-order chi connectivity index (χ0) is 11.4. The van der Waals surface area contributed by atoms with Gasteiger partial charge in [0.2, 0.25) is 0 Å². The molecule has 16 heavy (non-hydrogen) atoms. The Kier molecular flexibility index (Phi) is 3.16. The molecule has 0 aromatic heterocycles. The lowest BCUT2D eigenvalue weighted by atomic mass is 10.0. The lowest BCUT2D eigenvalue weighted by Gasteiger charge is -2.04. The van der Waals surface area contributed by atoms with Crippen molar-refractivity contribution < 1.29 is 4.79 Å². The standard InChI is InChI=1S/C15H14O/c1-2-12-4-3-5-15(10-12)14-8-6-13(11-16)7-9-14/h3-11H,2H2,1H3. The average Bonchev–Trinajstić information content (AvgIpc) is 2.39. The molecule has 1 heteroatoms. The predicted molar refractivity (Wildman–Crippen MR) is 66.6 cm³/mol. The molecule has 0 amide bonds. The van der Waals surface area contributed by atoms with Crippen molar-refractivity contribution in [1.29, 1.82) is 0 Å². The van der Waals surface area contributed by atoms with Crippen LogP contribution in [0.2, 0.25) is 0 Å². The molecular formula is C15H14O. The van der Waals surface area contributed by atoms with Crippen molar-refractivity contribution in [1.82, 2.24) is 0 Å². The second-order valence-corrected chi connectivity index (χ2v) is 3.79. The van der Waals surface area contributed by atoms with E-state index in [1.54, 1.807) is 0 Å². The molecule has 0 unspecified atom stereocenters. The van der Waals surface area contributed by atoms with E-state index in [9.17, 15) is 4.79 Å². The fourth-order valence-electron chi connectivity index (χ4n) is 1.72. The number of hydrogen-bond acceptors (Lipinski definition) is 1. The van der Waals surface area contributed by atoms with Gasteiger partial charge in [-0.25, -0.2) is 0 Å². The fraction of sp³-hybridized carbons (Fsp3) is 0.133. The Bertz CT molecular complexity index is 483. The van der Waals surface area contributed by atoms with Gasteiger partial charge in [0.05, 0.1) is 0 Å². The van der Waals surface area contributed by atoms with Crippen LogP contribution in [0.15, 0.2) is 48.5 Å². The molecule has 2 aromatic rings. The second kappa shape index (κ2) is 4.75. The lowest BCUT2D eigenvalue weighted by molar-refractivity contribution is 0.112. The minimum atomic E-state index is 0.718. The third-order valence-corrected chi connectivity index (χ3v) is 2.72. The quantitative estimate of drug-likeness (QED) is 0.705. The average molecular weight is 210 g/mol. The van der Waals surface area contributed by atoms with E-state index < -0.39 is 0 Å². The van der Waals surface area contributed by atoms with E-state index in [2.05, 4.69) is 31.2 Å². The smallest absolute Gasteiger partial charge is 0.150 e. The Morgan fingerprint density at radius 2 is 1.75 bits per heavy atom.